The van der Waals surface area contributed by atoms with Gasteiger partial charge in [-0.05, 0) is 43.2 Å². The second kappa shape index (κ2) is 8.05. The smallest absolute Gasteiger partial charge is 0.255 e. The van der Waals surface area contributed by atoms with E-state index in [1.807, 2.05) is 4.90 Å². The molecule has 1 aromatic carbocycles. The molecule has 2 heterocycles. The second-order valence-corrected chi connectivity index (χ2v) is 7.21. The summed E-state index contributed by atoms with van der Waals surface area (Å²) in [5.41, 5.74) is 0.566. The summed E-state index contributed by atoms with van der Waals surface area (Å²) >= 11 is 0. The molecular weight excluding hydrogens is 345 g/mol. The first-order valence-corrected chi connectivity index (χ1v) is 9.62. The van der Waals surface area contributed by atoms with E-state index in [4.69, 9.17) is 4.74 Å². The van der Waals surface area contributed by atoms with Crippen molar-refractivity contribution in [2.45, 2.75) is 31.7 Å². The van der Waals surface area contributed by atoms with Crippen LogP contribution in [0, 0.1) is 5.82 Å². The maximum Gasteiger partial charge on any atom is 0.255 e. The molecule has 142 valence electrons. The topological polar surface area (TPSA) is 45.7 Å². The normalized spacial score (nSPS) is 18.6. The van der Waals surface area contributed by atoms with E-state index in [2.05, 4.69) is 9.88 Å². The van der Waals surface area contributed by atoms with Crippen molar-refractivity contribution in [3.8, 4) is 11.6 Å². The fourth-order valence-corrected chi connectivity index (χ4v) is 3.93. The van der Waals surface area contributed by atoms with E-state index in [-0.39, 0.29) is 11.7 Å². The predicted molar refractivity (Wildman–Crippen MR) is 100 cm³/mol. The highest BCUT2D eigenvalue weighted by Gasteiger charge is 2.28. The van der Waals surface area contributed by atoms with Gasteiger partial charge in [-0.1, -0.05) is 12.8 Å². The number of carbonyl (C=O) groups is 1. The first-order valence-electron chi connectivity index (χ1n) is 9.62. The third kappa shape index (κ3) is 4.27. The number of halogens is 1. The van der Waals surface area contributed by atoms with E-state index in [9.17, 15) is 9.18 Å². The Bertz CT molecular complexity index is 765. The van der Waals surface area contributed by atoms with Gasteiger partial charge in [-0.2, -0.15) is 0 Å². The largest absolute Gasteiger partial charge is 0.439 e. The average molecular weight is 369 g/mol. The van der Waals surface area contributed by atoms with E-state index in [1.54, 1.807) is 30.5 Å². The number of aromatic nitrogens is 1. The number of nitrogens with zero attached hydrogens (tertiary/aromatic N) is 3. The Balaban J connectivity index is 1.33. The fourth-order valence-electron chi connectivity index (χ4n) is 3.93. The van der Waals surface area contributed by atoms with Crippen LogP contribution in [0.2, 0.25) is 0 Å². The molecule has 1 saturated carbocycles. The fraction of sp³-hybridized carbons (Fsp3) is 0.429. The third-order valence-corrected chi connectivity index (χ3v) is 5.46. The van der Waals surface area contributed by atoms with Crippen molar-refractivity contribution in [3.63, 3.8) is 0 Å². The Labute approximate surface area is 158 Å². The minimum atomic E-state index is -0.315. The van der Waals surface area contributed by atoms with Crippen LogP contribution in [0.5, 0.6) is 11.6 Å². The van der Waals surface area contributed by atoms with E-state index < -0.39 is 0 Å². The lowest BCUT2D eigenvalue weighted by Crippen LogP contribution is -2.51. The second-order valence-electron chi connectivity index (χ2n) is 7.21. The zero-order chi connectivity index (χ0) is 18.6. The highest BCUT2D eigenvalue weighted by Crippen LogP contribution is 2.25. The van der Waals surface area contributed by atoms with Gasteiger partial charge in [0.2, 0.25) is 5.88 Å². The summed E-state index contributed by atoms with van der Waals surface area (Å²) in [5, 5.41) is 0. The monoisotopic (exact) mass is 369 g/mol. The lowest BCUT2D eigenvalue weighted by molar-refractivity contribution is 0.0573. The molecule has 0 bridgehead atoms. The van der Waals surface area contributed by atoms with Gasteiger partial charge in [-0.3, -0.25) is 9.69 Å². The Hall–Kier alpha value is -2.47. The Morgan fingerprint density at radius 3 is 2.33 bits per heavy atom. The van der Waals surface area contributed by atoms with Gasteiger partial charge in [0, 0.05) is 44.5 Å². The van der Waals surface area contributed by atoms with Gasteiger partial charge in [0.25, 0.3) is 5.91 Å². The molecule has 2 aromatic rings. The highest BCUT2D eigenvalue weighted by atomic mass is 19.1. The van der Waals surface area contributed by atoms with Gasteiger partial charge in [0.1, 0.15) is 11.6 Å². The lowest BCUT2D eigenvalue weighted by atomic mass is 10.1. The molecule has 0 atom stereocenters. The average Bonchev–Trinajstić information content (AvgIpc) is 3.25. The third-order valence-electron chi connectivity index (χ3n) is 5.46. The maximum atomic E-state index is 12.9. The summed E-state index contributed by atoms with van der Waals surface area (Å²) in [5.74, 6) is 0.585. The zero-order valence-electron chi connectivity index (χ0n) is 15.3. The van der Waals surface area contributed by atoms with Gasteiger partial charge in [-0.25, -0.2) is 9.37 Å². The molecule has 1 saturated heterocycles. The number of rotatable bonds is 4. The van der Waals surface area contributed by atoms with E-state index in [0.29, 0.717) is 23.2 Å². The predicted octanol–water partition coefficient (Wildman–Crippen LogP) is 3.71. The van der Waals surface area contributed by atoms with Crippen LogP contribution in [0.25, 0.3) is 0 Å². The molecular formula is C21H24FN3O2. The summed E-state index contributed by atoms with van der Waals surface area (Å²) < 4.78 is 18.5. The number of carbonyl (C=O) groups excluding carboxylic acids is 1. The van der Waals surface area contributed by atoms with Crippen molar-refractivity contribution >= 4 is 5.91 Å². The zero-order valence-corrected chi connectivity index (χ0v) is 15.3. The Morgan fingerprint density at radius 2 is 1.70 bits per heavy atom. The Kier molecular flexibility index (Phi) is 5.34. The van der Waals surface area contributed by atoms with Gasteiger partial charge in [0.05, 0.1) is 5.56 Å². The van der Waals surface area contributed by atoms with Crippen LogP contribution < -0.4 is 4.74 Å². The highest BCUT2D eigenvalue weighted by molar-refractivity contribution is 5.94. The molecule has 27 heavy (non-hydrogen) atoms. The maximum absolute atomic E-state index is 12.9. The van der Waals surface area contributed by atoms with Crippen molar-refractivity contribution in [2.75, 3.05) is 26.2 Å². The molecule has 0 N–H and O–H groups in total. The molecule has 5 nitrogen and oxygen atoms in total. The van der Waals surface area contributed by atoms with Crippen molar-refractivity contribution < 1.29 is 13.9 Å². The van der Waals surface area contributed by atoms with Crippen molar-refractivity contribution in [1.82, 2.24) is 14.8 Å². The number of hydrogen-bond acceptors (Lipinski definition) is 4. The summed E-state index contributed by atoms with van der Waals surface area (Å²) in [4.78, 5) is 21.4. The van der Waals surface area contributed by atoms with Crippen LogP contribution in [0.4, 0.5) is 4.39 Å². The summed E-state index contributed by atoms with van der Waals surface area (Å²) in [6.45, 7) is 3.44. The molecule has 6 heteroatoms. The molecule has 1 aromatic heterocycles. The molecule has 0 unspecified atom stereocenters. The minimum Gasteiger partial charge on any atom is -0.439 e. The van der Waals surface area contributed by atoms with Crippen LogP contribution in [0.15, 0.2) is 42.6 Å². The van der Waals surface area contributed by atoms with Crippen LogP contribution in [0.3, 0.4) is 0 Å². The summed E-state index contributed by atoms with van der Waals surface area (Å²) in [6.07, 6.45) is 6.81. The quantitative estimate of drug-likeness (QED) is 0.824. The number of pyridine rings is 1. The van der Waals surface area contributed by atoms with Crippen LogP contribution in [0.1, 0.15) is 36.0 Å². The van der Waals surface area contributed by atoms with Crippen LogP contribution >= 0.6 is 0 Å². The van der Waals surface area contributed by atoms with Crippen molar-refractivity contribution in [2.24, 2.45) is 0 Å². The van der Waals surface area contributed by atoms with Crippen LogP contribution in [-0.4, -0.2) is 52.9 Å². The molecule has 1 aliphatic heterocycles. The SMILES string of the molecule is O=C(c1ccc(Oc2ccc(F)cc2)nc1)N1CCN(C2CCCC2)CC1. The number of ether oxygens (including phenoxy) is 1. The minimum absolute atomic E-state index is 0.0157. The molecule has 4 rings (SSSR count). The standard InChI is InChI=1S/C21H24FN3O2/c22-17-6-8-19(9-7-17)27-20-10-5-16(15-23-20)21(26)25-13-11-24(12-14-25)18-3-1-2-4-18/h5-10,15,18H,1-4,11-14H2. The molecule has 1 aliphatic carbocycles. The Morgan fingerprint density at radius 1 is 1.00 bits per heavy atom. The van der Waals surface area contributed by atoms with Gasteiger partial charge < -0.3 is 9.64 Å². The first kappa shape index (κ1) is 17.9. The van der Waals surface area contributed by atoms with Gasteiger partial charge >= 0.3 is 0 Å². The van der Waals surface area contributed by atoms with E-state index in [1.165, 1.54) is 37.8 Å². The van der Waals surface area contributed by atoms with Crippen LogP contribution in [-0.2, 0) is 0 Å². The molecule has 0 spiro atoms. The summed E-state index contributed by atoms with van der Waals surface area (Å²) in [6, 6.07) is 9.87. The molecule has 2 fully saturated rings. The number of hydrogen-bond donors (Lipinski definition) is 0. The van der Waals surface area contributed by atoms with Gasteiger partial charge in [0.15, 0.2) is 0 Å². The van der Waals surface area contributed by atoms with E-state index >= 15 is 0 Å². The van der Waals surface area contributed by atoms with Gasteiger partial charge in [-0.15, -0.1) is 0 Å². The summed E-state index contributed by atoms with van der Waals surface area (Å²) in [7, 11) is 0. The van der Waals surface area contributed by atoms with E-state index in [0.717, 1.165) is 26.2 Å². The van der Waals surface area contributed by atoms with Crippen molar-refractivity contribution in [3.05, 3.63) is 54.0 Å². The molecule has 2 aliphatic rings. The first-order chi connectivity index (χ1) is 13.2. The lowest BCUT2D eigenvalue weighted by Gasteiger charge is -2.38. The van der Waals surface area contributed by atoms with Crippen molar-refractivity contribution in [1.29, 1.82) is 0 Å². The number of amides is 1. The molecule has 1 amide bonds. The molecule has 0 radical (unpaired) electrons. The number of benzene rings is 1. The number of piperazine rings is 1.